The summed E-state index contributed by atoms with van der Waals surface area (Å²) in [6.45, 7) is 12.6. The fourth-order valence-electron chi connectivity index (χ4n) is 3.19. The van der Waals surface area contributed by atoms with Crippen LogP contribution in [0.5, 0.6) is 0 Å². The van der Waals surface area contributed by atoms with Crippen LogP contribution in [0.4, 0.5) is 0 Å². The predicted octanol–water partition coefficient (Wildman–Crippen LogP) is 5.16. The van der Waals surface area contributed by atoms with E-state index in [1.165, 1.54) is 17.3 Å². The largest absolute Gasteiger partial charge is 0.353 e. The maximum absolute atomic E-state index is 12.2. The molecule has 0 radical (unpaired) electrons. The standard InChI is InChI=1S/C24H30N4OS/c1-16(2)25-21(29)15-30-23-27-26-22(28(23)20-10-8-7-9-17(20)3)18-11-13-19(14-12-18)24(4,5)6/h7-14,16H,15H2,1-6H3,(H,25,29). The molecule has 6 heteroatoms. The Balaban J connectivity index is 2.01. The molecule has 2 aromatic carbocycles. The van der Waals surface area contributed by atoms with Gasteiger partial charge in [-0.15, -0.1) is 10.2 Å². The van der Waals surface area contributed by atoms with Crippen LogP contribution in [0.15, 0.2) is 53.7 Å². The molecule has 1 N–H and O–H groups in total. The number of aryl methyl sites for hydroxylation is 1. The average Bonchev–Trinajstić information content (AvgIpc) is 3.09. The number of amides is 1. The van der Waals surface area contributed by atoms with E-state index < -0.39 is 0 Å². The lowest BCUT2D eigenvalue weighted by Gasteiger charge is -2.19. The number of aromatic nitrogens is 3. The molecule has 0 unspecified atom stereocenters. The van der Waals surface area contributed by atoms with Crippen molar-refractivity contribution in [2.75, 3.05) is 5.75 Å². The van der Waals surface area contributed by atoms with Crippen molar-refractivity contribution in [2.45, 2.75) is 58.2 Å². The molecule has 0 saturated heterocycles. The summed E-state index contributed by atoms with van der Waals surface area (Å²) >= 11 is 1.40. The van der Waals surface area contributed by atoms with Crippen molar-refractivity contribution in [2.24, 2.45) is 0 Å². The van der Waals surface area contributed by atoms with Gasteiger partial charge in [-0.05, 0) is 43.4 Å². The Morgan fingerprint density at radius 3 is 2.33 bits per heavy atom. The first-order valence-corrected chi connectivity index (χ1v) is 11.2. The lowest BCUT2D eigenvalue weighted by molar-refractivity contribution is -0.119. The minimum Gasteiger partial charge on any atom is -0.353 e. The first-order valence-electron chi connectivity index (χ1n) is 10.2. The SMILES string of the molecule is Cc1ccccc1-n1c(SCC(=O)NC(C)C)nnc1-c1ccc(C(C)(C)C)cc1. The van der Waals surface area contributed by atoms with Gasteiger partial charge in [-0.1, -0.05) is 75.0 Å². The van der Waals surface area contributed by atoms with E-state index in [1.807, 2.05) is 26.0 Å². The molecule has 0 bridgehead atoms. The highest BCUT2D eigenvalue weighted by Crippen LogP contribution is 2.31. The maximum Gasteiger partial charge on any atom is 0.230 e. The first-order chi connectivity index (χ1) is 14.2. The number of hydrogen-bond acceptors (Lipinski definition) is 4. The second-order valence-electron chi connectivity index (χ2n) is 8.77. The number of nitrogens with zero attached hydrogens (tertiary/aromatic N) is 3. The Labute approximate surface area is 183 Å². The van der Waals surface area contributed by atoms with Crippen LogP contribution in [0.25, 0.3) is 17.1 Å². The molecule has 0 saturated carbocycles. The minimum atomic E-state index is -0.00888. The third kappa shape index (κ3) is 5.11. The molecule has 0 aliphatic heterocycles. The Bertz CT molecular complexity index is 1020. The summed E-state index contributed by atoms with van der Waals surface area (Å²) < 4.78 is 2.05. The lowest BCUT2D eigenvalue weighted by Crippen LogP contribution is -2.31. The van der Waals surface area contributed by atoms with Gasteiger partial charge in [0.1, 0.15) is 0 Å². The molecule has 1 heterocycles. The summed E-state index contributed by atoms with van der Waals surface area (Å²) in [6.07, 6.45) is 0. The van der Waals surface area contributed by atoms with Gasteiger partial charge >= 0.3 is 0 Å². The number of benzene rings is 2. The van der Waals surface area contributed by atoms with Gasteiger partial charge in [-0.25, -0.2) is 0 Å². The predicted molar refractivity (Wildman–Crippen MR) is 124 cm³/mol. The van der Waals surface area contributed by atoms with Crippen LogP contribution >= 0.6 is 11.8 Å². The molecular weight excluding hydrogens is 392 g/mol. The van der Waals surface area contributed by atoms with Gasteiger partial charge < -0.3 is 5.32 Å². The van der Waals surface area contributed by atoms with E-state index in [9.17, 15) is 4.79 Å². The summed E-state index contributed by atoms with van der Waals surface area (Å²) in [7, 11) is 0. The molecule has 1 amide bonds. The molecule has 1 aromatic heterocycles. The van der Waals surface area contributed by atoms with E-state index in [4.69, 9.17) is 0 Å². The number of para-hydroxylation sites is 1. The van der Waals surface area contributed by atoms with Crippen LogP contribution in [0.3, 0.4) is 0 Å². The van der Waals surface area contributed by atoms with Gasteiger partial charge in [0.05, 0.1) is 11.4 Å². The highest BCUT2D eigenvalue weighted by molar-refractivity contribution is 7.99. The zero-order chi connectivity index (χ0) is 21.9. The molecular formula is C24H30N4OS. The van der Waals surface area contributed by atoms with Gasteiger partial charge in [0.2, 0.25) is 5.91 Å². The Morgan fingerprint density at radius 2 is 1.73 bits per heavy atom. The van der Waals surface area contributed by atoms with E-state index in [0.717, 1.165) is 22.6 Å². The summed E-state index contributed by atoms with van der Waals surface area (Å²) in [5.74, 6) is 1.06. The van der Waals surface area contributed by atoms with Gasteiger partial charge in [0.25, 0.3) is 0 Å². The van der Waals surface area contributed by atoms with Gasteiger partial charge in [0, 0.05) is 11.6 Å². The number of rotatable bonds is 6. The van der Waals surface area contributed by atoms with Crippen molar-refractivity contribution in [3.63, 3.8) is 0 Å². The van der Waals surface area contributed by atoms with Crippen molar-refractivity contribution >= 4 is 17.7 Å². The quantitative estimate of drug-likeness (QED) is 0.558. The first kappa shape index (κ1) is 22.1. The number of carbonyl (C=O) groups is 1. The lowest BCUT2D eigenvalue weighted by atomic mass is 9.87. The summed E-state index contributed by atoms with van der Waals surface area (Å²) in [5.41, 5.74) is 4.50. The molecule has 0 atom stereocenters. The Morgan fingerprint density at radius 1 is 1.07 bits per heavy atom. The van der Waals surface area contributed by atoms with Crippen molar-refractivity contribution in [3.05, 3.63) is 59.7 Å². The van der Waals surface area contributed by atoms with Gasteiger partial charge in [-0.2, -0.15) is 0 Å². The van der Waals surface area contributed by atoms with Crippen molar-refractivity contribution < 1.29 is 4.79 Å². The highest BCUT2D eigenvalue weighted by Gasteiger charge is 2.20. The minimum absolute atomic E-state index is 0.00888. The van der Waals surface area contributed by atoms with Crippen LogP contribution in [0.1, 0.15) is 45.7 Å². The molecule has 0 aliphatic rings. The molecule has 0 aliphatic carbocycles. The molecule has 3 rings (SSSR count). The second kappa shape index (κ2) is 9.04. The van der Waals surface area contributed by atoms with Crippen molar-refractivity contribution in [1.82, 2.24) is 20.1 Å². The van der Waals surface area contributed by atoms with Crippen LogP contribution < -0.4 is 5.32 Å². The monoisotopic (exact) mass is 422 g/mol. The molecule has 0 fully saturated rings. The molecule has 158 valence electrons. The number of nitrogens with one attached hydrogen (secondary N) is 1. The molecule has 30 heavy (non-hydrogen) atoms. The zero-order valence-electron chi connectivity index (χ0n) is 18.6. The Hall–Kier alpha value is -2.60. The molecule has 0 spiro atoms. The van der Waals surface area contributed by atoms with Crippen molar-refractivity contribution in [1.29, 1.82) is 0 Å². The third-order valence-corrected chi connectivity index (χ3v) is 5.71. The van der Waals surface area contributed by atoms with Gasteiger partial charge in [-0.3, -0.25) is 9.36 Å². The fourth-order valence-corrected chi connectivity index (χ4v) is 3.95. The number of carbonyl (C=O) groups excluding carboxylic acids is 1. The van der Waals surface area contributed by atoms with E-state index in [-0.39, 0.29) is 17.4 Å². The fraction of sp³-hybridized carbons (Fsp3) is 0.375. The average molecular weight is 423 g/mol. The van der Waals surface area contributed by atoms with Crippen LogP contribution in [0, 0.1) is 6.92 Å². The van der Waals surface area contributed by atoms with E-state index in [2.05, 4.69) is 84.2 Å². The van der Waals surface area contributed by atoms with E-state index in [0.29, 0.717) is 10.9 Å². The second-order valence-corrected chi connectivity index (χ2v) is 9.71. The van der Waals surface area contributed by atoms with Crippen molar-refractivity contribution in [3.8, 4) is 17.1 Å². The smallest absolute Gasteiger partial charge is 0.230 e. The topological polar surface area (TPSA) is 59.8 Å². The van der Waals surface area contributed by atoms with Crippen LogP contribution in [0.2, 0.25) is 0 Å². The normalized spacial score (nSPS) is 11.7. The van der Waals surface area contributed by atoms with Crippen LogP contribution in [-0.4, -0.2) is 32.5 Å². The maximum atomic E-state index is 12.2. The molecule has 3 aromatic rings. The number of hydrogen-bond donors (Lipinski definition) is 1. The number of thioether (sulfide) groups is 1. The highest BCUT2D eigenvalue weighted by atomic mass is 32.2. The van der Waals surface area contributed by atoms with Crippen LogP contribution in [-0.2, 0) is 10.2 Å². The van der Waals surface area contributed by atoms with Gasteiger partial charge in [0.15, 0.2) is 11.0 Å². The van der Waals surface area contributed by atoms with E-state index in [1.54, 1.807) is 0 Å². The zero-order valence-corrected chi connectivity index (χ0v) is 19.4. The summed E-state index contributed by atoms with van der Waals surface area (Å²) in [6, 6.07) is 16.8. The third-order valence-electron chi connectivity index (χ3n) is 4.78. The van der Waals surface area contributed by atoms with E-state index >= 15 is 0 Å². The summed E-state index contributed by atoms with van der Waals surface area (Å²) in [4.78, 5) is 12.2. The molecule has 5 nitrogen and oxygen atoms in total. The Kier molecular flexibility index (Phi) is 6.66. The summed E-state index contributed by atoms with van der Waals surface area (Å²) in [5, 5.41) is 12.6.